The van der Waals surface area contributed by atoms with Crippen LogP contribution < -0.4 is 15.4 Å². The highest BCUT2D eigenvalue weighted by Gasteiger charge is 1.92. The molecule has 0 saturated heterocycles. The van der Waals surface area contributed by atoms with Crippen molar-refractivity contribution < 1.29 is 4.74 Å². The molecule has 0 fully saturated rings. The molecule has 0 saturated carbocycles. The lowest BCUT2D eigenvalue weighted by Gasteiger charge is -2.06. The Morgan fingerprint density at radius 1 is 0.917 bits per heavy atom. The molecule has 2 N–H and O–H groups in total. The van der Waals surface area contributed by atoms with Gasteiger partial charge >= 0.3 is 0 Å². The Bertz CT molecular complexity index is 495. The zero-order valence-corrected chi connectivity index (χ0v) is 16.1. The number of rotatable bonds is 6. The third kappa shape index (κ3) is 10.7. The van der Waals surface area contributed by atoms with Crippen LogP contribution in [-0.4, -0.2) is 19.7 Å². The predicted molar refractivity (Wildman–Crippen MR) is 107 cm³/mol. The van der Waals surface area contributed by atoms with Crippen molar-refractivity contribution in [1.29, 1.82) is 0 Å². The molecule has 3 nitrogen and oxygen atoms in total. The summed E-state index contributed by atoms with van der Waals surface area (Å²) in [6.07, 6.45) is 0. The number of hydrogen-bond acceptors (Lipinski definition) is 3. The second-order valence-electron chi connectivity index (χ2n) is 5.28. The SMILES string of the molecule is CC.CC(C)NCc1ccccc1.CCNc1ccc(OC)cc1. The van der Waals surface area contributed by atoms with Crippen molar-refractivity contribution in [3.63, 3.8) is 0 Å². The Kier molecular flexibility index (Phi) is 13.4. The Morgan fingerprint density at radius 2 is 1.50 bits per heavy atom. The standard InChI is InChI=1S/C10H15N.C9H13NO.C2H6/c1-9(2)11-8-10-6-4-3-5-7-10;1-3-10-8-4-6-9(11-2)7-5-8;1-2/h3-7,9,11H,8H2,1-2H3;4-7,10H,3H2,1-2H3;1-2H3. The molecule has 0 radical (unpaired) electrons. The number of anilines is 1. The van der Waals surface area contributed by atoms with Gasteiger partial charge in [0.25, 0.3) is 0 Å². The van der Waals surface area contributed by atoms with Crippen LogP contribution in [0.5, 0.6) is 5.75 Å². The predicted octanol–water partition coefficient (Wildman–Crippen LogP) is 5.34. The number of benzene rings is 2. The minimum absolute atomic E-state index is 0.565. The number of nitrogens with one attached hydrogen (secondary N) is 2. The molecule has 2 aromatic rings. The molecule has 24 heavy (non-hydrogen) atoms. The van der Waals surface area contributed by atoms with Crippen molar-refractivity contribution in [1.82, 2.24) is 5.32 Å². The van der Waals surface area contributed by atoms with Gasteiger partial charge in [-0.15, -0.1) is 0 Å². The van der Waals surface area contributed by atoms with Gasteiger partial charge in [-0.2, -0.15) is 0 Å². The monoisotopic (exact) mass is 330 g/mol. The Labute approximate surface area is 148 Å². The molecule has 0 atom stereocenters. The van der Waals surface area contributed by atoms with E-state index in [0.717, 1.165) is 24.5 Å². The summed E-state index contributed by atoms with van der Waals surface area (Å²) < 4.78 is 5.02. The molecule has 0 aromatic heterocycles. The summed E-state index contributed by atoms with van der Waals surface area (Å²) in [4.78, 5) is 0. The lowest BCUT2D eigenvalue weighted by Crippen LogP contribution is -2.21. The maximum atomic E-state index is 5.02. The molecule has 0 aliphatic rings. The fraction of sp³-hybridized carbons (Fsp3) is 0.429. The summed E-state index contributed by atoms with van der Waals surface area (Å²) in [6.45, 7) is 12.3. The van der Waals surface area contributed by atoms with Crippen molar-refractivity contribution in [2.45, 2.75) is 47.2 Å². The first-order valence-electron chi connectivity index (χ1n) is 8.81. The van der Waals surface area contributed by atoms with E-state index in [4.69, 9.17) is 4.74 Å². The van der Waals surface area contributed by atoms with E-state index >= 15 is 0 Å². The first kappa shape index (κ1) is 22.0. The van der Waals surface area contributed by atoms with E-state index in [1.807, 2.05) is 44.2 Å². The summed E-state index contributed by atoms with van der Waals surface area (Å²) in [5.41, 5.74) is 2.48. The fourth-order valence-corrected chi connectivity index (χ4v) is 1.83. The molecule has 134 valence electrons. The smallest absolute Gasteiger partial charge is 0.119 e. The van der Waals surface area contributed by atoms with E-state index in [1.165, 1.54) is 5.56 Å². The largest absolute Gasteiger partial charge is 0.497 e. The first-order valence-corrected chi connectivity index (χ1v) is 8.81. The highest BCUT2D eigenvalue weighted by Crippen LogP contribution is 2.14. The van der Waals surface area contributed by atoms with Gasteiger partial charge in [0, 0.05) is 24.8 Å². The van der Waals surface area contributed by atoms with Gasteiger partial charge in [-0.1, -0.05) is 58.0 Å². The van der Waals surface area contributed by atoms with Crippen LogP contribution in [0.25, 0.3) is 0 Å². The van der Waals surface area contributed by atoms with E-state index in [9.17, 15) is 0 Å². The van der Waals surface area contributed by atoms with Gasteiger partial charge < -0.3 is 15.4 Å². The normalized spacial score (nSPS) is 9.29. The molecule has 0 aliphatic carbocycles. The van der Waals surface area contributed by atoms with Crippen LogP contribution in [0.1, 0.15) is 40.2 Å². The molecule has 0 aliphatic heterocycles. The van der Waals surface area contributed by atoms with Crippen molar-refractivity contribution >= 4 is 5.69 Å². The van der Waals surface area contributed by atoms with Gasteiger partial charge in [0.15, 0.2) is 0 Å². The highest BCUT2D eigenvalue weighted by molar-refractivity contribution is 5.46. The molecule has 0 bridgehead atoms. The minimum Gasteiger partial charge on any atom is -0.497 e. The van der Waals surface area contributed by atoms with Crippen LogP contribution in [0.2, 0.25) is 0 Å². The highest BCUT2D eigenvalue weighted by atomic mass is 16.5. The summed E-state index contributed by atoms with van der Waals surface area (Å²) >= 11 is 0. The Hall–Kier alpha value is -2.00. The number of methoxy groups -OCH3 is 1. The van der Waals surface area contributed by atoms with Crippen molar-refractivity contribution in [3.05, 3.63) is 60.2 Å². The molecule has 2 rings (SSSR count). The Balaban J connectivity index is 0.000000400. The zero-order chi connectivity index (χ0) is 18.2. The topological polar surface area (TPSA) is 33.3 Å². The van der Waals surface area contributed by atoms with E-state index in [0.29, 0.717) is 6.04 Å². The van der Waals surface area contributed by atoms with Crippen molar-refractivity contribution in [2.75, 3.05) is 19.0 Å². The quantitative estimate of drug-likeness (QED) is 0.750. The van der Waals surface area contributed by atoms with Gasteiger partial charge in [-0.25, -0.2) is 0 Å². The van der Waals surface area contributed by atoms with Crippen LogP contribution in [0, 0.1) is 0 Å². The third-order valence-corrected chi connectivity index (χ3v) is 3.03. The van der Waals surface area contributed by atoms with E-state index in [-0.39, 0.29) is 0 Å². The van der Waals surface area contributed by atoms with Gasteiger partial charge in [0.1, 0.15) is 5.75 Å². The van der Waals surface area contributed by atoms with Crippen LogP contribution in [-0.2, 0) is 6.54 Å². The van der Waals surface area contributed by atoms with E-state index in [2.05, 4.69) is 55.7 Å². The van der Waals surface area contributed by atoms with Gasteiger partial charge in [0.2, 0.25) is 0 Å². The average molecular weight is 331 g/mol. The molecule has 0 heterocycles. The summed E-state index contributed by atoms with van der Waals surface area (Å²) in [6, 6.07) is 18.9. The third-order valence-electron chi connectivity index (χ3n) is 3.03. The van der Waals surface area contributed by atoms with Crippen LogP contribution in [0.4, 0.5) is 5.69 Å². The zero-order valence-electron chi connectivity index (χ0n) is 16.1. The average Bonchev–Trinajstić information content (AvgIpc) is 2.64. The minimum atomic E-state index is 0.565. The van der Waals surface area contributed by atoms with Gasteiger partial charge in [-0.05, 0) is 36.8 Å². The molecular formula is C21H34N2O. The van der Waals surface area contributed by atoms with E-state index < -0.39 is 0 Å². The second kappa shape index (κ2) is 14.6. The lowest BCUT2D eigenvalue weighted by molar-refractivity contribution is 0.415. The molecule has 0 amide bonds. The maximum Gasteiger partial charge on any atom is 0.119 e. The molecule has 0 unspecified atom stereocenters. The Morgan fingerprint density at radius 3 is 1.96 bits per heavy atom. The van der Waals surface area contributed by atoms with Gasteiger partial charge in [0.05, 0.1) is 7.11 Å². The molecule has 0 spiro atoms. The maximum absolute atomic E-state index is 5.02. The number of hydrogen-bond donors (Lipinski definition) is 2. The molecule has 2 aromatic carbocycles. The first-order chi connectivity index (χ1) is 11.7. The summed E-state index contributed by atoms with van der Waals surface area (Å²) in [5.74, 6) is 0.895. The van der Waals surface area contributed by atoms with Crippen molar-refractivity contribution in [2.24, 2.45) is 0 Å². The van der Waals surface area contributed by atoms with E-state index in [1.54, 1.807) is 7.11 Å². The summed E-state index contributed by atoms with van der Waals surface area (Å²) in [7, 11) is 1.67. The molecular weight excluding hydrogens is 296 g/mol. The van der Waals surface area contributed by atoms with Crippen LogP contribution in [0.15, 0.2) is 54.6 Å². The summed E-state index contributed by atoms with van der Waals surface area (Å²) in [5, 5.41) is 6.57. The lowest BCUT2D eigenvalue weighted by atomic mass is 10.2. The van der Waals surface area contributed by atoms with Crippen molar-refractivity contribution in [3.8, 4) is 5.75 Å². The molecule has 3 heteroatoms. The fourth-order valence-electron chi connectivity index (χ4n) is 1.83. The van der Waals surface area contributed by atoms with Gasteiger partial charge in [-0.3, -0.25) is 0 Å². The van der Waals surface area contributed by atoms with Crippen LogP contribution in [0.3, 0.4) is 0 Å². The second-order valence-corrected chi connectivity index (χ2v) is 5.28. The van der Waals surface area contributed by atoms with Crippen LogP contribution >= 0.6 is 0 Å². The number of ether oxygens (including phenoxy) is 1.